The number of hydrogen-bond acceptors (Lipinski definition) is 4. The summed E-state index contributed by atoms with van der Waals surface area (Å²) < 4.78 is 5.05. The van der Waals surface area contributed by atoms with Crippen LogP contribution in [-0.2, 0) is 9.53 Å². The minimum atomic E-state index is -0.606. The number of amides is 1. The van der Waals surface area contributed by atoms with E-state index in [0.717, 1.165) is 22.8 Å². The zero-order chi connectivity index (χ0) is 20.3. The molecule has 3 aromatic rings. The quantitative estimate of drug-likeness (QED) is 0.584. The molecular weight excluding hydrogens is 401 g/mol. The van der Waals surface area contributed by atoms with Crippen molar-refractivity contribution in [2.75, 3.05) is 11.9 Å². The Morgan fingerprint density at radius 2 is 1.82 bits per heavy atom. The van der Waals surface area contributed by atoms with Gasteiger partial charge in [-0.25, -0.2) is 9.78 Å². The number of hydrogen-bond donors (Lipinski definition) is 2. The molecule has 3 rings (SSSR count). The van der Waals surface area contributed by atoms with Crippen LogP contribution in [-0.4, -0.2) is 28.5 Å². The maximum atomic E-state index is 12.2. The second kappa shape index (κ2) is 8.46. The molecule has 6 nitrogen and oxygen atoms in total. The van der Waals surface area contributed by atoms with Crippen LogP contribution in [0.25, 0.3) is 11.4 Å². The van der Waals surface area contributed by atoms with Gasteiger partial charge in [0.2, 0.25) is 0 Å². The summed E-state index contributed by atoms with van der Waals surface area (Å²) in [6.45, 7) is 3.42. The summed E-state index contributed by atoms with van der Waals surface area (Å²) in [4.78, 5) is 31.7. The van der Waals surface area contributed by atoms with Gasteiger partial charge in [-0.1, -0.05) is 35.3 Å². The molecule has 0 atom stereocenters. The molecule has 0 saturated carbocycles. The minimum Gasteiger partial charge on any atom is -0.452 e. The Morgan fingerprint density at radius 1 is 1.11 bits per heavy atom. The van der Waals surface area contributed by atoms with Crippen LogP contribution in [0, 0.1) is 13.8 Å². The van der Waals surface area contributed by atoms with Crippen LogP contribution in [0.15, 0.2) is 42.5 Å². The molecule has 0 saturated heterocycles. The molecule has 144 valence electrons. The maximum Gasteiger partial charge on any atom is 0.338 e. The number of aromatic nitrogens is 2. The molecule has 8 heteroatoms. The molecule has 0 aliphatic rings. The molecule has 1 heterocycles. The fourth-order valence-corrected chi connectivity index (χ4v) is 2.78. The summed E-state index contributed by atoms with van der Waals surface area (Å²) >= 11 is 11.9. The summed E-state index contributed by atoms with van der Waals surface area (Å²) in [5.74, 6) is -0.394. The van der Waals surface area contributed by atoms with E-state index in [1.54, 1.807) is 36.4 Å². The van der Waals surface area contributed by atoms with Crippen molar-refractivity contribution in [2.45, 2.75) is 13.8 Å². The second-order valence-electron chi connectivity index (χ2n) is 6.12. The lowest BCUT2D eigenvalue weighted by molar-refractivity contribution is -0.119. The lowest BCUT2D eigenvalue weighted by atomic mass is 10.1. The number of benzene rings is 2. The first-order valence-corrected chi connectivity index (χ1v) is 9.15. The van der Waals surface area contributed by atoms with Crippen LogP contribution in [0.1, 0.15) is 21.7 Å². The predicted octanol–water partition coefficient (Wildman–Crippen LogP) is 4.80. The first-order chi connectivity index (χ1) is 13.3. The number of esters is 1. The van der Waals surface area contributed by atoms with Crippen molar-refractivity contribution in [1.29, 1.82) is 0 Å². The summed E-state index contributed by atoms with van der Waals surface area (Å²) in [5, 5.41) is 3.32. The highest BCUT2D eigenvalue weighted by Crippen LogP contribution is 2.25. The molecule has 0 aliphatic carbocycles. The van der Waals surface area contributed by atoms with Crippen LogP contribution in [0.5, 0.6) is 0 Å². The van der Waals surface area contributed by atoms with E-state index in [0.29, 0.717) is 21.3 Å². The molecule has 0 radical (unpaired) electrons. The number of carbonyl (C=O) groups is 2. The number of ether oxygens (including phenoxy) is 1. The molecule has 0 unspecified atom stereocenters. The Bertz CT molecular complexity index is 1010. The number of aromatic amines is 1. The van der Waals surface area contributed by atoms with Gasteiger partial charge in [-0.3, -0.25) is 4.79 Å². The number of imidazole rings is 1. The third kappa shape index (κ3) is 4.71. The summed E-state index contributed by atoms with van der Waals surface area (Å²) in [7, 11) is 0. The monoisotopic (exact) mass is 417 g/mol. The van der Waals surface area contributed by atoms with E-state index in [2.05, 4.69) is 15.3 Å². The summed E-state index contributed by atoms with van der Waals surface area (Å²) in [5.41, 5.74) is 3.44. The van der Waals surface area contributed by atoms with Gasteiger partial charge in [0.15, 0.2) is 6.61 Å². The number of H-pyrrole nitrogens is 1. The van der Waals surface area contributed by atoms with Gasteiger partial charge in [-0.2, -0.15) is 0 Å². The summed E-state index contributed by atoms with van der Waals surface area (Å²) in [6.07, 6.45) is 0. The number of carbonyl (C=O) groups excluding carboxylic acids is 2. The van der Waals surface area contributed by atoms with Crippen molar-refractivity contribution in [3.05, 3.63) is 69.5 Å². The molecular formula is C20H17Cl2N3O3. The van der Waals surface area contributed by atoms with Crippen molar-refractivity contribution < 1.29 is 14.3 Å². The topological polar surface area (TPSA) is 84.1 Å². The van der Waals surface area contributed by atoms with E-state index < -0.39 is 18.5 Å². The van der Waals surface area contributed by atoms with E-state index in [4.69, 9.17) is 27.9 Å². The number of halogens is 2. The minimum absolute atomic E-state index is 0.331. The molecule has 28 heavy (non-hydrogen) atoms. The Balaban J connectivity index is 1.58. The van der Waals surface area contributed by atoms with Gasteiger partial charge in [0.1, 0.15) is 5.82 Å². The molecule has 2 aromatic carbocycles. The highest BCUT2D eigenvalue weighted by atomic mass is 35.5. The molecule has 1 aromatic heterocycles. The summed E-state index contributed by atoms with van der Waals surface area (Å²) in [6, 6.07) is 11.5. The van der Waals surface area contributed by atoms with Crippen molar-refractivity contribution in [3.8, 4) is 11.4 Å². The Labute approximate surface area is 171 Å². The highest BCUT2D eigenvalue weighted by molar-refractivity contribution is 6.35. The van der Waals surface area contributed by atoms with Gasteiger partial charge in [0.25, 0.3) is 5.91 Å². The lowest BCUT2D eigenvalue weighted by Crippen LogP contribution is -2.21. The van der Waals surface area contributed by atoms with E-state index in [1.807, 2.05) is 13.8 Å². The molecule has 2 N–H and O–H groups in total. The largest absolute Gasteiger partial charge is 0.452 e. The van der Waals surface area contributed by atoms with Gasteiger partial charge in [-0.05, 0) is 44.2 Å². The van der Waals surface area contributed by atoms with E-state index in [1.165, 1.54) is 6.07 Å². The van der Waals surface area contributed by atoms with Crippen LogP contribution in [0.4, 0.5) is 5.69 Å². The van der Waals surface area contributed by atoms with Crippen molar-refractivity contribution in [2.24, 2.45) is 0 Å². The third-order valence-corrected chi connectivity index (χ3v) is 4.62. The van der Waals surface area contributed by atoms with E-state index in [9.17, 15) is 9.59 Å². The molecule has 0 bridgehead atoms. The zero-order valence-electron chi connectivity index (χ0n) is 15.2. The van der Waals surface area contributed by atoms with Crippen molar-refractivity contribution in [3.63, 3.8) is 0 Å². The first-order valence-electron chi connectivity index (χ1n) is 8.39. The smallest absolute Gasteiger partial charge is 0.338 e. The van der Waals surface area contributed by atoms with Gasteiger partial charge >= 0.3 is 5.97 Å². The number of nitrogens with zero attached hydrogens (tertiary/aromatic N) is 1. The average Bonchev–Trinajstić information content (AvgIpc) is 3.01. The van der Waals surface area contributed by atoms with Crippen molar-refractivity contribution in [1.82, 2.24) is 9.97 Å². The molecule has 1 amide bonds. The molecule has 0 fully saturated rings. The number of anilines is 1. The molecule has 0 spiro atoms. The third-order valence-electron chi connectivity index (χ3n) is 4.06. The fourth-order valence-electron chi connectivity index (χ4n) is 2.44. The average molecular weight is 418 g/mol. The van der Waals surface area contributed by atoms with Crippen LogP contribution >= 0.6 is 23.2 Å². The Kier molecular flexibility index (Phi) is 6.02. The van der Waals surface area contributed by atoms with Gasteiger partial charge < -0.3 is 15.0 Å². The highest BCUT2D eigenvalue weighted by Gasteiger charge is 2.13. The zero-order valence-corrected chi connectivity index (χ0v) is 16.7. The molecule has 0 aliphatic heterocycles. The number of rotatable bonds is 5. The number of aryl methyl sites for hydroxylation is 2. The van der Waals surface area contributed by atoms with E-state index >= 15 is 0 Å². The lowest BCUT2D eigenvalue weighted by Gasteiger charge is -2.08. The van der Waals surface area contributed by atoms with Gasteiger partial charge in [-0.15, -0.1) is 0 Å². The van der Waals surface area contributed by atoms with E-state index in [-0.39, 0.29) is 0 Å². The fraction of sp³-hybridized carbons (Fsp3) is 0.150. The second-order valence-corrected chi connectivity index (χ2v) is 6.97. The maximum absolute atomic E-state index is 12.2. The standard InChI is InChI=1S/C20H17Cl2N3O3/c1-11-12(2)24-19(23-11)13-3-5-14(6-4-13)20(27)28-10-18(26)25-17-9-15(21)7-8-16(17)22/h3-9H,10H2,1-2H3,(H,23,24)(H,25,26). The van der Waals surface area contributed by atoms with Crippen LogP contribution in [0.3, 0.4) is 0 Å². The predicted molar refractivity (Wildman–Crippen MR) is 109 cm³/mol. The van der Waals surface area contributed by atoms with Gasteiger partial charge in [0.05, 0.1) is 22.0 Å². The van der Waals surface area contributed by atoms with Gasteiger partial charge in [0, 0.05) is 16.3 Å². The SMILES string of the molecule is Cc1nc(-c2ccc(C(=O)OCC(=O)Nc3cc(Cl)ccc3Cl)cc2)[nH]c1C. The number of nitrogens with one attached hydrogen (secondary N) is 2. The normalized spacial score (nSPS) is 10.6. The Morgan fingerprint density at radius 3 is 2.46 bits per heavy atom. The van der Waals surface area contributed by atoms with Crippen molar-refractivity contribution >= 4 is 40.8 Å². The Hall–Kier alpha value is -2.83. The van der Waals surface area contributed by atoms with Crippen LogP contribution < -0.4 is 5.32 Å². The van der Waals surface area contributed by atoms with Crippen LogP contribution in [0.2, 0.25) is 10.0 Å². The first kappa shape index (κ1) is 19.9.